The second-order valence-corrected chi connectivity index (χ2v) is 10.8. The van der Waals surface area contributed by atoms with E-state index in [0.29, 0.717) is 22.0 Å². The van der Waals surface area contributed by atoms with Gasteiger partial charge in [0.2, 0.25) is 0 Å². The number of imidazole rings is 1. The summed E-state index contributed by atoms with van der Waals surface area (Å²) in [7, 11) is -5.61. The van der Waals surface area contributed by atoms with E-state index in [9.17, 15) is 21.6 Å². The number of aromatic nitrogens is 3. The van der Waals surface area contributed by atoms with Crippen molar-refractivity contribution in [1.29, 1.82) is 0 Å². The van der Waals surface area contributed by atoms with Gasteiger partial charge in [0.15, 0.2) is 10.3 Å². The zero-order valence-corrected chi connectivity index (χ0v) is 22.0. The van der Waals surface area contributed by atoms with Crippen LogP contribution in [-0.2, 0) is 23.0 Å². The van der Waals surface area contributed by atoms with Gasteiger partial charge in [-0.05, 0) is 58.2 Å². The predicted octanol–water partition coefficient (Wildman–Crippen LogP) is 6.79. The molecule has 0 bridgehead atoms. The van der Waals surface area contributed by atoms with Crippen molar-refractivity contribution in [1.82, 2.24) is 14.5 Å². The summed E-state index contributed by atoms with van der Waals surface area (Å²) < 4.78 is 72.4. The fraction of sp³-hybridized carbons (Fsp3) is 0.200. The van der Waals surface area contributed by atoms with E-state index in [0.717, 1.165) is 34.5 Å². The highest BCUT2D eigenvalue weighted by molar-refractivity contribution is 9.10. The number of benzene rings is 2. The first-order valence-electron chi connectivity index (χ1n) is 11.2. The second-order valence-electron chi connectivity index (χ2n) is 8.45. The van der Waals surface area contributed by atoms with Gasteiger partial charge in [-0.1, -0.05) is 31.2 Å². The summed E-state index contributed by atoms with van der Waals surface area (Å²) in [5.74, 6) is 1.13. The average molecular weight is 593 g/mol. The van der Waals surface area contributed by atoms with Crippen LogP contribution >= 0.6 is 15.9 Å². The fourth-order valence-corrected chi connectivity index (χ4v) is 5.30. The van der Waals surface area contributed by atoms with E-state index in [2.05, 4.69) is 25.5 Å². The highest BCUT2D eigenvalue weighted by Crippen LogP contribution is 2.41. The maximum atomic E-state index is 13.0. The van der Waals surface area contributed by atoms with E-state index in [1.165, 1.54) is 18.2 Å². The molecule has 0 amide bonds. The monoisotopic (exact) mass is 592 g/mol. The third-order valence-electron chi connectivity index (χ3n) is 6.02. The van der Waals surface area contributed by atoms with Crippen LogP contribution in [0.5, 0.6) is 0 Å². The van der Waals surface area contributed by atoms with Crippen LogP contribution in [0.25, 0.3) is 33.3 Å². The Balaban J connectivity index is 1.57. The lowest BCUT2D eigenvalue weighted by Gasteiger charge is -2.13. The third-order valence-corrected chi connectivity index (χ3v) is 7.71. The molecule has 192 valence electrons. The van der Waals surface area contributed by atoms with Crippen molar-refractivity contribution >= 4 is 53.6 Å². The lowest BCUT2D eigenvalue weighted by molar-refractivity contribution is -0.0429. The minimum absolute atomic E-state index is 0.173. The summed E-state index contributed by atoms with van der Waals surface area (Å²) in [6.45, 7) is 4.52. The molecule has 5 rings (SSSR count). The van der Waals surface area contributed by atoms with E-state index in [4.69, 9.17) is 9.40 Å². The summed E-state index contributed by atoms with van der Waals surface area (Å²) in [5, 5.41) is 1.29. The molecule has 0 aliphatic heterocycles. The number of aryl methyl sites for hydroxylation is 2. The zero-order chi connectivity index (χ0) is 26.5. The van der Waals surface area contributed by atoms with E-state index >= 15 is 0 Å². The van der Waals surface area contributed by atoms with Gasteiger partial charge in [-0.3, -0.25) is 4.72 Å². The lowest BCUT2D eigenvalue weighted by Crippen LogP contribution is -2.30. The first-order valence-corrected chi connectivity index (χ1v) is 13.5. The Kier molecular flexibility index (Phi) is 6.27. The van der Waals surface area contributed by atoms with Crippen molar-refractivity contribution in [2.45, 2.75) is 32.3 Å². The number of halogens is 4. The molecule has 0 aliphatic rings. The van der Waals surface area contributed by atoms with Gasteiger partial charge in [0, 0.05) is 29.0 Å². The van der Waals surface area contributed by atoms with Gasteiger partial charge in [0.1, 0.15) is 17.1 Å². The number of sulfonamides is 1. The van der Waals surface area contributed by atoms with Crippen LogP contribution in [0.3, 0.4) is 0 Å². The Morgan fingerprint density at radius 2 is 1.86 bits per heavy atom. The molecule has 0 fully saturated rings. The number of hydrogen-bond donors (Lipinski definition) is 1. The molecule has 37 heavy (non-hydrogen) atoms. The fourth-order valence-electron chi connectivity index (χ4n) is 4.22. The molecular formula is C25H20BrF3N4O3S. The van der Waals surface area contributed by atoms with Crippen LogP contribution in [-0.4, -0.2) is 28.5 Å². The Hall–Kier alpha value is -3.38. The van der Waals surface area contributed by atoms with Crippen LogP contribution in [0.15, 0.2) is 63.8 Å². The van der Waals surface area contributed by atoms with Crippen LogP contribution in [0.1, 0.15) is 23.9 Å². The Morgan fingerprint density at radius 1 is 1.11 bits per heavy atom. The smallest absolute Gasteiger partial charge is 0.448 e. The molecular weight excluding hydrogens is 573 g/mol. The van der Waals surface area contributed by atoms with Crippen molar-refractivity contribution < 1.29 is 26.0 Å². The largest absolute Gasteiger partial charge is 0.516 e. The van der Waals surface area contributed by atoms with Crippen LogP contribution < -0.4 is 4.72 Å². The zero-order valence-electron chi connectivity index (χ0n) is 19.6. The standard InChI is InChI=1S/C25H20BrF3N4O3S/c1-3-20-31-21-14(2)10-11-30-24(21)33(20)13-15-8-9-16-18(12-15)23(26)36-22(16)17-6-4-5-7-19(17)32-37(34,35)25(27,28)29/h4-12,32H,3,13H2,1-2H3. The topological polar surface area (TPSA) is 90.0 Å². The van der Waals surface area contributed by atoms with Crippen LogP contribution in [0, 0.1) is 6.92 Å². The molecule has 0 unspecified atom stereocenters. The highest BCUT2D eigenvalue weighted by atomic mass is 79.9. The molecule has 3 heterocycles. The van der Waals surface area contributed by atoms with Gasteiger partial charge in [-0.25, -0.2) is 9.97 Å². The summed E-state index contributed by atoms with van der Waals surface area (Å²) >= 11 is 3.41. The lowest BCUT2D eigenvalue weighted by atomic mass is 10.0. The third kappa shape index (κ3) is 4.48. The van der Waals surface area contributed by atoms with Gasteiger partial charge in [-0.15, -0.1) is 0 Å². The number of para-hydroxylation sites is 1. The predicted molar refractivity (Wildman–Crippen MR) is 139 cm³/mol. The quantitative estimate of drug-likeness (QED) is 0.234. The van der Waals surface area contributed by atoms with E-state index < -0.39 is 15.5 Å². The molecule has 3 aromatic heterocycles. The molecule has 0 spiro atoms. The van der Waals surface area contributed by atoms with Gasteiger partial charge in [0.25, 0.3) is 0 Å². The van der Waals surface area contributed by atoms with Crippen molar-refractivity contribution in [3.8, 4) is 11.3 Å². The minimum atomic E-state index is -5.61. The Morgan fingerprint density at radius 3 is 2.59 bits per heavy atom. The number of furan rings is 1. The molecule has 1 N–H and O–H groups in total. The summed E-state index contributed by atoms with van der Waals surface area (Å²) in [5.41, 5.74) is -1.92. The Bertz CT molecular complexity index is 1760. The molecule has 7 nitrogen and oxygen atoms in total. The maximum Gasteiger partial charge on any atom is 0.516 e. The van der Waals surface area contributed by atoms with Crippen LogP contribution in [0.4, 0.5) is 18.9 Å². The molecule has 0 saturated heterocycles. The second kappa shape index (κ2) is 9.18. The average Bonchev–Trinajstić information content (AvgIpc) is 3.37. The van der Waals surface area contributed by atoms with Crippen molar-refractivity contribution in [2.75, 3.05) is 4.72 Å². The number of rotatable bonds is 6. The van der Waals surface area contributed by atoms with E-state index in [-0.39, 0.29) is 17.0 Å². The number of nitrogens with zero attached hydrogens (tertiary/aromatic N) is 3. The summed E-state index contributed by atoms with van der Waals surface area (Å²) in [6, 6.07) is 13.3. The highest BCUT2D eigenvalue weighted by Gasteiger charge is 2.46. The molecule has 0 aliphatic carbocycles. The molecule has 0 saturated carbocycles. The van der Waals surface area contributed by atoms with Crippen molar-refractivity contribution in [3.05, 3.63) is 76.3 Å². The van der Waals surface area contributed by atoms with Crippen molar-refractivity contribution in [3.63, 3.8) is 0 Å². The normalized spacial score (nSPS) is 12.5. The number of hydrogen-bond acceptors (Lipinski definition) is 5. The number of nitrogens with one attached hydrogen (secondary N) is 1. The summed E-state index contributed by atoms with van der Waals surface area (Å²) in [4.78, 5) is 9.27. The first-order chi connectivity index (χ1) is 17.5. The minimum Gasteiger partial charge on any atom is -0.448 e. The number of alkyl halides is 3. The van der Waals surface area contributed by atoms with E-state index in [1.54, 1.807) is 23.1 Å². The SMILES string of the molecule is CCc1nc2c(C)ccnc2n1Cc1ccc2c(-c3ccccc3NS(=O)(=O)C(F)(F)F)oc(Br)c2c1. The first kappa shape index (κ1) is 25.3. The van der Waals surface area contributed by atoms with Gasteiger partial charge in [0.05, 0.1) is 12.2 Å². The number of anilines is 1. The van der Waals surface area contributed by atoms with E-state index in [1.807, 2.05) is 32.0 Å². The number of fused-ring (bicyclic) bond motifs is 2. The molecule has 5 aromatic rings. The summed E-state index contributed by atoms with van der Waals surface area (Å²) in [6.07, 6.45) is 2.48. The Labute approximate surface area is 218 Å². The van der Waals surface area contributed by atoms with Crippen molar-refractivity contribution in [2.24, 2.45) is 0 Å². The van der Waals surface area contributed by atoms with Crippen LogP contribution in [0.2, 0.25) is 0 Å². The molecule has 0 radical (unpaired) electrons. The van der Waals surface area contributed by atoms with Gasteiger partial charge >= 0.3 is 15.5 Å². The molecule has 12 heteroatoms. The number of pyridine rings is 1. The maximum absolute atomic E-state index is 13.0. The molecule has 0 atom stereocenters. The van der Waals surface area contributed by atoms with Gasteiger partial charge in [-0.2, -0.15) is 21.6 Å². The van der Waals surface area contributed by atoms with Gasteiger partial charge < -0.3 is 8.98 Å². The molecule has 2 aromatic carbocycles.